The summed E-state index contributed by atoms with van der Waals surface area (Å²) in [4.78, 5) is 16.2. The Morgan fingerprint density at radius 2 is 2.29 bits per heavy atom. The fourth-order valence-electron chi connectivity index (χ4n) is 1.60. The van der Waals surface area contributed by atoms with Gasteiger partial charge >= 0.3 is 0 Å². The molecule has 1 aromatic carbocycles. The van der Waals surface area contributed by atoms with Crippen LogP contribution in [0.25, 0.3) is 0 Å². The fraction of sp³-hybridized carbons (Fsp3) is 0.250. The molecule has 0 aliphatic heterocycles. The predicted octanol–water partition coefficient (Wildman–Crippen LogP) is 2.33. The average molecular weight is 341 g/mol. The molecule has 17 heavy (non-hydrogen) atoms. The minimum absolute atomic E-state index is 0.0752. The highest BCUT2D eigenvalue weighted by Gasteiger charge is 2.11. The van der Waals surface area contributed by atoms with Crippen LogP contribution in [0.4, 0.5) is 0 Å². The van der Waals surface area contributed by atoms with E-state index < -0.39 is 0 Å². The zero-order valence-electron chi connectivity index (χ0n) is 9.43. The Balaban J connectivity index is 2.17. The predicted molar refractivity (Wildman–Crippen MR) is 72.9 cm³/mol. The third kappa shape index (κ3) is 2.91. The van der Waals surface area contributed by atoms with Gasteiger partial charge < -0.3 is 0 Å². The molecule has 4 nitrogen and oxygen atoms in total. The summed E-state index contributed by atoms with van der Waals surface area (Å²) in [6.45, 7) is 2.71. The Morgan fingerprint density at radius 1 is 1.47 bits per heavy atom. The number of Topliss-reactive ketones (excluding diaryl/α,β-unsaturated/α-hetero) is 1. The molecule has 0 aliphatic carbocycles. The highest BCUT2D eigenvalue weighted by atomic mass is 127. The lowest BCUT2D eigenvalue weighted by atomic mass is 10.1. The largest absolute Gasteiger partial charge is 0.294 e. The summed E-state index contributed by atoms with van der Waals surface area (Å²) in [6.07, 6.45) is 1.79. The number of aromatic nitrogens is 3. The molecule has 0 unspecified atom stereocenters. The topological polar surface area (TPSA) is 47.8 Å². The molecule has 0 bridgehead atoms. The molecule has 0 amide bonds. The third-order valence-electron chi connectivity index (χ3n) is 2.46. The van der Waals surface area contributed by atoms with Gasteiger partial charge in [0, 0.05) is 15.7 Å². The third-order valence-corrected chi connectivity index (χ3v) is 3.13. The maximum atomic E-state index is 12.0. The number of carbonyl (C=O) groups excluding carboxylic acids is 1. The summed E-state index contributed by atoms with van der Waals surface area (Å²) in [6, 6.07) is 7.57. The Hall–Kier alpha value is -1.24. The molecule has 0 aliphatic rings. The molecule has 0 saturated carbocycles. The average Bonchev–Trinajstić information content (AvgIpc) is 2.76. The normalized spacial score (nSPS) is 10.5. The minimum Gasteiger partial charge on any atom is -0.294 e. The van der Waals surface area contributed by atoms with Gasteiger partial charge in [0.25, 0.3) is 0 Å². The Bertz CT molecular complexity index is 536. The van der Waals surface area contributed by atoms with Crippen molar-refractivity contribution in [3.8, 4) is 0 Å². The van der Waals surface area contributed by atoms with Crippen molar-refractivity contribution in [3.63, 3.8) is 0 Å². The second-order valence-corrected chi connectivity index (χ2v) is 4.85. The number of nitrogens with zero attached hydrogens (tertiary/aromatic N) is 3. The van der Waals surface area contributed by atoms with Gasteiger partial charge in [0.1, 0.15) is 12.2 Å². The molecular weight excluding hydrogens is 329 g/mol. The smallest absolute Gasteiger partial charge is 0.170 e. The number of aryl methyl sites for hydroxylation is 1. The van der Waals surface area contributed by atoms with Crippen LogP contribution in [0.3, 0.4) is 0 Å². The highest BCUT2D eigenvalue weighted by Crippen LogP contribution is 2.10. The van der Waals surface area contributed by atoms with Crippen LogP contribution in [0, 0.1) is 3.57 Å². The first-order valence-electron chi connectivity index (χ1n) is 5.36. The van der Waals surface area contributed by atoms with E-state index in [1.54, 1.807) is 4.68 Å². The van der Waals surface area contributed by atoms with Crippen molar-refractivity contribution in [2.75, 3.05) is 0 Å². The standard InChI is InChI=1S/C12H12IN3O/c1-2-16-12(14-8-15-16)7-11(17)9-4-3-5-10(13)6-9/h3-6,8H,2,7H2,1H3. The fourth-order valence-corrected chi connectivity index (χ4v) is 2.14. The van der Waals surface area contributed by atoms with E-state index in [0.717, 1.165) is 21.5 Å². The lowest BCUT2D eigenvalue weighted by molar-refractivity contribution is 0.0989. The number of benzene rings is 1. The van der Waals surface area contributed by atoms with Crippen molar-refractivity contribution in [1.82, 2.24) is 14.8 Å². The van der Waals surface area contributed by atoms with Gasteiger partial charge in [-0.25, -0.2) is 9.67 Å². The zero-order chi connectivity index (χ0) is 12.3. The Kier molecular flexibility index (Phi) is 3.88. The molecular formula is C12H12IN3O. The first kappa shape index (κ1) is 12.2. The van der Waals surface area contributed by atoms with E-state index in [9.17, 15) is 4.79 Å². The molecule has 5 heteroatoms. The van der Waals surface area contributed by atoms with Crippen molar-refractivity contribution < 1.29 is 4.79 Å². The van der Waals surface area contributed by atoms with E-state index in [1.165, 1.54) is 6.33 Å². The monoisotopic (exact) mass is 341 g/mol. The maximum absolute atomic E-state index is 12.0. The Labute approximate surface area is 113 Å². The first-order chi connectivity index (χ1) is 8.20. The Morgan fingerprint density at radius 3 is 3.00 bits per heavy atom. The van der Waals surface area contributed by atoms with Crippen LogP contribution in [0.2, 0.25) is 0 Å². The van der Waals surface area contributed by atoms with Gasteiger partial charge in [0.15, 0.2) is 5.78 Å². The van der Waals surface area contributed by atoms with E-state index in [0.29, 0.717) is 6.42 Å². The minimum atomic E-state index is 0.0752. The molecule has 0 atom stereocenters. The van der Waals surface area contributed by atoms with Gasteiger partial charge in [-0.2, -0.15) is 5.10 Å². The van der Waals surface area contributed by atoms with Crippen LogP contribution in [0.5, 0.6) is 0 Å². The molecule has 88 valence electrons. The lowest BCUT2D eigenvalue weighted by Crippen LogP contribution is -2.10. The summed E-state index contributed by atoms with van der Waals surface area (Å²) in [5, 5.41) is 4.05. The van der Waals surface area contributed by atoms with Crippen LogP contribution in [-0.2, 0) is 13.0 Å². The van der Waals surface area contributed by atoms with E-state index in [4.69, 9.17) is 0 Å². The summed E-state index contributed by atoms with van der Waals surface area (Å²) in [5.74, 6) is 0.794. The first-order valence-corrected chi connectivity index (χ1v) is 6.44. The van der Waals surface area contributed by atoms with Crippen molar-refractivity contribution in [2.45, 2.75) is 19.9 Å². The molecule has 1 aromatic heterocycles. The zero-order valence-corrected chi connectivity index (χ0v) is 11.6. The van der Waals surface area contributed by atoms with E-state index >= 15 is 0 Å². The summed E-state index contributed by atoms with van der Waals surface area (Å²) in [5.41, 5.74) is 0.725. The van der Waals surface area contributed by atoms with E-state index in [-0.39, 0.29) is 5.78 Å². The second-order valence-electron chi connectivity index (χ2n) is 3.60. The number of rotatable bonds is 4. The number of carbonyl (C=O) groups is 1. The van der Waals surface area contributed by atoms with Gasteiger partial charge in [-0.1, -0.05) is 12.1 Å². The van der Waals surface area contributed by atoms with Gasteiger partial charge in [0.2, 0.25) is 0 Å². The van der Waals surface area contributed by atoms with Crippen molar-refractivity contribution in [3.05, 3.63) is 45.6 Å². The van der Waals surface area contributed by atoms with Crippen molar-refractivity contribution in [2.24, 2.45) is 0 Å². The SMILES string of the molecule is CCn1ncnc1CC(=O)c1cccc(I)c1. The summed E-state index contributed by atoms with van der Waals surface area (Å²) >= 11 is 2.20. The van der Waals surface area contributed by atoms with Gasteiger partial charge in [-0.3, -0.25) is 4.79 Å². The number of hydrogen-bond acceptors (Lipinski definition) is 3. The van der Waals surface area contributed by atoms with Crippen molar-refractivity contribution >= 4 is 28.4 Å². The number of hydrogen-bond donors (Lipinski definition) is 0. The maximum Gasteiger partial charge on any atom is 0.170 e. The van der Waals surface area contributed by atoms with Crippen LogP contribution < -0.4 is 0 Å². The molecule has 0 spiro atoms. The molecule has 2 rings (SSSR count). The summed E-state index contributed by atoms with van der Waals surface area (Å²) < 4.78 is 2.80. The van der Waals surface area contributed by atoms with Crippen LogP contribution >= 0.6 is 22.6 Å². The summed E-state index contributed by atoms with van der Waals surface area (Å²) in [7, 11) is 0. The van der Waals surface area contributed by atoms with Crippen molar-refractivity contribution in [1.29, 1.82) is 0 Å². The molecule has 1 heterocycles. The van der Waals surface area contributed by atoms with E-state index in [1.807, 2.05) is 31.2 Å². The van der Waals surface area contributed by atoms with Crippen LogP contribution in [0.15, 0.2) is 30.6 Å². The molecule has 0 saturated heterocycles. The molecule has 0 N–H and O–H groups in total. The highest BCUT2D eigenvalue weighted by molar-refractivity contribution is 14.1. The van der Waals surface area contributed by atoms with E-state index in [2.05, 4.69) is 32.7 Å². The molecule has 2 aromatic rings. The van der Waals surface area contributed by atoms with Gasteiger partial charge in [-0.05, 0) is 41.6 Å². The molecule has 0 fully saturated rings. The lowest BCUT2D eigenvalue weighted by Gasteiger charge is -2.03. The number of halogens is 1. The molecule has 0 radical (unpaired) electrons. The van der Waals surface area contributed by atoms with Crippen LogP contribution in [0.1, 0.15) is 23.1 Å². The number of ketones is 1. The van der Waals surface area contributed by atoms with Gasteiger partial charge in [-0.15, -0.1) is 0 Å². The quantitative estimate of drug-likeness (QED) is 0.634. The van der Waals surface area contributed by atoms with Crippen LogP contribution in [-0.4, -0.2) is 20.5 Å². The van der Waals surface area contributed by atoms with Gasteiger partial charge in [0.05, 0.1) is 6.42 Å². The second kappa shape index (κ2) is 5.39.